The Kier molecular flexibility index (Phi) is 4.98. The summed E-state index contributed by atoms with van der Waals surface area (Å²) in [6.45, 7) is 4.55. The van der Waals surface area contributed by atoms with Gasteiger partial charge in [-0.05, 0) is 50.6 Å². The van der Waals surface area contributed by atoms with Gasteiger partial charge < -0.3 is 20.6 Å². The Hall–Kier alpha value is -1.59. The van der Waals surface area contributed by atoms with Crippen LogP contribution in [0, 0.1) is 5.92 Å². The summed E-state index contributed by atoms with van der Waals surface area (Å²) in [5.41, 5.74) is 1.49. The van der Waals surface area contributed by atoms with Crippen molar-refractivity contribution in [3.05, 3.63) is 29.8 Å². The zero-order valence-electron chi connectivity index (χ0n) is 12.1. The maximum Gasteiger partial charge on any atom is 0.319 e. The number of nitrogens with zero attached hydrogens (tertiary/aromatic N) is 1. The van der Waals surface area contributed by atoms with E-state index in [0.29, 0.717) is 18.2 Å². The van der Waals surface area contributed by atoms with Crippen molar-refractivity contribution in [1.29, 1.82) is 0 Å². The first-order chi connectivity index (χ1) is 9.54. The van der Waals surface area contributed by atoms with Crippen LogP contribution >= 0.6 is 0 Å². The summed E-state index contributed by atoms with van der Waals surface area (Å²) in [6, 6.07) is 7.07. The van der Waals surface area contributed by atoms with Crippen molar-refractivity contribution in [1.82, 2.24) is 10.2 Å². The summed E-state index contributed by atoms with van der Waals surface area (Å²) in [7, 11) is 2.10. The van der Waals surface area contributed by atoms with Crippen molar-refractivity contribution >= 4 is 11.7 Å². The van der Waals surface area contributed by atoms with Crippen LogP contribution in [0.4, 0.5) is 10.5 Å². The number of aliphatic hydroxyl groups excluding tert-OH is 1. The maximum absolute atomic E-state index is 11.8. The molecule has 1 aliphatic rings. The predicted molar refractivity (Wildman–Crippen MR) is 79.7 cm³/mol. The first kappa shape index (κ1) is 14.8. The van der Waals surface area contributed by atoms with Crippen molar-refractivity contribution in [3.8, 4) is 0 Å². The molecule has 0 aliphatic carbocycles. The largest absolute Gasteiger partial charge is 0.389 e. The van der Waals surface area contributed by atoms with Gasteiger partial charge in [0.15, 0.2) is 0 Å². The summed E-state index contributed by atoms with van der Waals surface area (Å²) in [6.07, 6.45) is 0.600. The standard InChI is InChI=1S/C15H23N3O2/c1-11(19)13-4-3-5-14(8-13)17-15(20)16-9-12-6-7-18(2)10-12/h3-5,8,11-12,19H,6-7,9-10H2,1-2H3,(H2,16,17,20). The molecule has 1 saturated heterocycles. The van der Waals surface area contributed by atoms with Crippen LogP contribution in [-0.4, -0.2) is 42.7 Å². The minimum atomic E-state index is -0.533. The van der Waals surface area contributed by atoms with Crippen LogP contribution in [0.5, 0.6) is 0 Å². The molecule has 2 amide bonds. The summed E-state index contributed by atoms with van der Waals surface area (Å²) < 4.78 is 0. The number of nitrogens with one attached hydrogen (secondary N) is 2. The van der Waals surface area contributed by atoms with Crippen LogP contribution in [0.1, 0.15) is 25.0 Å². The number of hydrogen-bond acceptors (Lipinski definition) is 3. The van der Waals surface area contributed by atoms with Gasteiger partial charge in [-0.3, -0.25) is 0 Å². The zero-order valence-corrected chi connectivity index (χ0v) is 12.1. The minimum Gasteiger partial charge on any atom is -0.389 e. The third-order valence-corrected chi connectivity index (χ3v) is 3.67. The number of likely N-dealkylation sites (tertiary alicyclic amines) is 1. The van der Waals surface area contributed by atoms with E-state index in [0.717, 1.165) is 25.1 Å². The van der Waals surface area contributed by atoms with Crippen molar-refractivity contribution in [2.45, 2.75) is 19.4 Å². The number of rotatable bonds is 4. The van der Waals surface area contributed by atoms with Crippen molar-refractivity contribution in [2.24, 2.45) is 5.92 Å². The fraction of sp³-hybridized carbons (Fsp3) is 0.533. The van der Waals surface area contributed by atoms with Crippen molar-refractivity contribution in [3.63, 3.8) is 0 Å². The fourth-order valence-corrected chi connectivity index (χ4v) is 2.48. The number of urea groups is 1. The predicted octanol–water partition coefficient (Wildman–Crippen LogP) is 1.81. The molecule has 0 aromatic heterocycles. The van der Waals surface area contributed by atoms with Crippen LogP contribution in [0.3, 0.4) is 0 Å². The van der Waals surface area contributed by atoms with Crippen molar-refractivity contribution < 1.29 is 9.90 Å². The highest BCUT2D eigenvalue weighted by atomic mass is 16.3. The molecule has 5 nitrogen and oxygen atoms in total. The maximum atomic E-state index is 11.8. The van der Waals surface area contributed by atoms with E-state index in [-0.39, 0.29) is 6.03 Å². The molecule has 0 radical (unpaired) electrons. The van der Waals surface area contributed by atoms with Gasteiger partial charge >= 0.3 is 6.03 Å². The Labute approximate surface area is 120 Å². The lowest BCUT2D eigenvalue weighted by Crippen LogP contribution is -2.33. The average Bonchev–Trinajstić information content (AvgIpc) is 2.82. The molecular weight excluding hydrogens is 254 g/mol. The van der Waals surface area contributed by atoms with Gasteiger partial charge in [-0.15, -0.1) is 0 Å². The fourth-order valence-electron chi connectivity index (χ4n) is 2.48. The molecule has 110 valence electrons. The number of amides is 2. The molecule has 2 atom stereocenters. The number of benzene rings is 1. The van der Waals surface area contributed by atoms with Crippen molar-refractivity contribution in [2.75, 3.05) is 32.0 Å². The molecule has 1 fully saturated rings. The third kappa shape index (κ3) is 4.21. The SMILES string of the molecule is CC(O)c1cccc(NC(=O)NCC2CCN(C)C2)c1. The molecule has 0 bridgehead atoms. The highest BCUT2D eigenvalue weighted by Gasteiger charge is 2.19. The summed E-state index contributed by atoms with van der Waals surface area (Å²) in [5, 5.41) is 15.2. The number of hydrogen-bond donors (Lipinski definition) is 3. The van der Waals surface area contributed by atoms with Gasteiger partial charge in [0.1, 0.15) is 0 Å². The number of anilines is 1. The quantitative estimate of drug-likeness (QED) is 0.786. The average molecular weight is 277 g/mol. The molecule has 1 heterocycles. The topological polar surface area (TPSA) is 64.6 Å². The molecular formula is C15H23N3O2. The summed E-state index contributed by atoms with van der Waals surface area (Å²) in [4.78, 5) is 14.1. The number of aliphatic hydroxyl groups is 1. The Morgan fingerprint density at radius 3 is 3.00 bits per heavy atom. The lowest BCUT2D eigenvalue weighted by molar-refractivity contribution is 0.199. The molecule has 20 heavy (non-hydrogen) atoms. The van der Waals surface area contributed by atoms with E-state index in [1.54, 1.807) is 13.0 Å². The van der Waals surface area contributed by atoms with E-state index in [1.165, 1.54) is 0 Å². The van der Waals surface area contributed by atoms with Gasteiger partial charge in [0.25, 0.3) is 0 Å². The lowest BCUT2D eigenvalue weighted by atomic mass is 10.1. The Morgan fingerprint density at radius 2 is 2.35 bits per heavy atom. The Bertz CT molecular complexity index is 462. The first-order valence-electron chi connectivity index (χ1n) is 7.06. The van der Waals surface area contributed by atoms with Gasteiger partial charge in [-0.2, -0.15) is 0 Å². The van der Waals surface area contributed by atoms with E-state index >= 15 is 0 Å². The van der Waals surface area contributed by atoms with E-state index in [2.05, 4.69) is 22.6 Å². The Balaban J connectivity index is 1.80. The zero-order chi connectivity index (χ0) is 14.5. The van der Waals surface area contributed by atoms with E-state index in [4.69, 9.17) is 0 Å². The van der Waals surface area contributed by atoms with Gasteiger partial charge in [0.05, 0.1) is 6.10 Å². The molecule has 0 spiro atoms. The second-order valence-electron chi connectivity index (χ2n) is 5.55. The van der Waals surface area contributed by atoms with Crippen LogP contribution < -0.4 is 10.6 Å². The monoisotopic (exact) mass is 277 g/mol. The highest BCUT2D eigenvalue weighted by Crippen LogP contribution is 2.17. The van der Waals surface area contributed by atoms with Gasteiger partial charge in [0, 0.05) is 18.8 Å². The molecule has 1 aliphatic heterocycles. The van der Waals surface area contributed by atoms with E-state index in [1.807, 2.05) is 18.2 Å². The van der Waals surface area contributed by atoms with E-state index in [9.17, 15) is 9.90 Å². The van der Waals surface area contributed by atoms with Crippen LogP contribution in [0.2, 0.25) is 0 Å². The molecule has 2 unspecified atom stereocenters. The minimum absolute atomic E-state index is 0.192. The smallest absolute Gasteiger partial charge is 0.319 e. The normalized spacial score (nSPS) is 20.6. The van der Waals surface area contributed by atoms with Crippen LogP contribution in [0.15, 0.2) is 24.3 Å². The lowest BCUT2D eigenvalue weighted by Gasteiger charge is -2.13. The van der Waals surface area contributed by atoms with Gasteiger partial charge in [-0.1, -0.05) is 12.1 Å². The van der Waals surface area contributed by atoms with Crippen LogP contribution in [0.25, 0.3) is 0 Å². The molecule has 3 N–H and O–H groups in total. The summed E-state index contributed by atoms with van der Waals surface area (Å²) in [5.74, 6) is 0.537. The molecule has 5 heteroatoms. The first-order valence-corrected chi connectivity index (χ1v) is 7.06. The highest BCUT2D eigenvalue weighted by molar-refractivity contribution is 5.89. The number of carbonyl (C=O) groups excluding carboxylic acids is 1. The Morgan fingerprint density at radius 1 is 1.55 bits per heavy atom. The second-order valence-corrected chi connectivity index (χ2v) is 5.55. The molecule has 1 aromatic rings. The van der Waals surface area contributed by atoms with Gasteiger partial charge in [-0.25, -0.2) is 4.79 Å². The number of carbonyl (C=O) groups is 1. The summed E-state index contributed by atoms with van der Waals surface area (Å²) >= 11 is 0. The van der Waals surface area contributed by atoms with E-state index < -0.39 is 6.10 Å². The second kappa shape index (κ2) is 6.72. The van der Waals surface area contributed by atoms with Crippen LogP contribution in [-0.2, 0) is 0 Å². The molecule has 0 saturated carbocycles. The van der Waals surface area contributed by atoms with Gasteiger partial charge in [0.2, 0.25) is 0 Å². The third-order valence-electron chi connectivity index (χ3n) is 3.67. The molecule has 1 aromatic carbocycles. The molecule has 2 rings (SSSR count).